The summed E-state index contributed by atoms with van der Waals surface area (Å²) < 4.78 is 0. The number of carbonyl (C=O) groups is 1. The normalized spacial score (nSPS) is 19.9. The number of hydrogen-bond donors (Lipinski definition) is 0. The summed E-state index contributed by atoms with van der Waals surface area (Å²) in [7, 11) is 0. The van der Waals surface area contributed by atoms with Gasteiger partial charge in [-0.2, -0.15) is 0 Å². The van der Waals surface area contributed by atoms with Crippen molar-refractivity contribution in [2.75, 3.05) is 19.6 Å². The fourth-order valence-corrected chi connectivity index (χ4v) is 2.73. The number of nitrogens with zero attached hydrogens (tertiary/aromatic N) is 1. The van der Waals surface area contributed by atoms with E-state index in [0.717, 1.165) is 25.2 Å². The van der Waals surface area contributed by atoms with Crippen LogP contribution in [0.15, 0.2) is 30.3 Å². The fraction of sp³-hybridized carbons (Fsp3) is 0.588. The second-order valence-electron chi connectivity index (χ2n) is 6.40. The van der Waals surface area contributed by atoms with Gasteiger partial charge in [0.2, 0.25) is 0 Å². The van der Waals surface area contributed by atoms with E-state index in [4.69, 9.17) is 0 Å². The molecule has 1 aromatic carbocycles. The van der Waals surface area contributed by atoms with Crippen LogP contribution in [0.5, 0.6) is 0 Å². The van der Waals surface area contributed by atoms with Gasteiger partial charge in [0.25, 0.3) is 0 Å². The van der Waals surface area contributed by atoms with Gasteiger partial charge in [-0.1, -0.05) is 44.2 Å². The van der Waals surface area contributed by atoms with E-state index in [0.29, 0.717) is 11.8 Å². The van der Waals surface area contributed by atoms with E-state index in [1.807, 2.05) is 30.3 Å². The van der Waals surface area contributed by atoms with Crippen LogP contribution in [0, 0.1) is 5.41 Å². The Morgan fingerprint density at radius 3 is 2.63 bits per heavy atom. The molecule has 19 heavy (non-hydrogen) atoms. The zero-order chi connectivity index (χ0) is 13.7. The molecule has 0 unspecified atom stereocenters. The molecule has 1 fully saturated rings. The monoisotopic (exact) mass is 259 g/mol. The zero-order valence-corrected chi connectivity index (χ0v) is 12.2. The lowest BCUT2D eigenvalue weighted by atomic mass is 9.85. The summed E-state index contributed by atoms with van der Waals surface area (Å²) in [6.07, 6.45) is 4.44. The summed E-state index contributed by atoms with van der Waals surface area (Å²) in [5.41, 5.74) is 1.32. The van der Waals surface area contributed by atoms with Crippen molar-refractivity contribution < 1.29 is 4.79 Å². The Labute approximate surface area is 116 Å². The fourth-order valence-electron chi connectivity index (χ4n) is 2.73. The third-order valence-electron chi connectivity index (χ3n) is 4.18. The number of hydrogen-bond acceptors (Lipinski definition) is 2. The molecule has 1 aliphatic heterocycles. The van der Waals surface area contributed by atoms with E-state index in [9.17, 15) is 4.79 Å². The third-order valence-corrected chi connectivity index (χ3v) is 4.18. The summed E-state index contributed by atoms with van der Waals surface area (Å²) in [6.45, 7) is 7.89. The largest absolute Gasteiger partial charge is 0.303 e. The van der Waals surface area contributed by atoms with Gasteiger partial charge in [-0.15, -0.1) is 0 Å². The summed E-state index contributed by atoms with van der Waals surface area (Å²) >= 11 is 0. The molecule has 0 spiro atoms. The van der Waals surface area contributed by atoms with Gasteiger partial charge in [0.15, 0.2) is 5.78 Å². The first kappa shape index (κ1) is 14.3. The predicted octanol–water partition coefficient (Wildman–Crippen LogP) is 3.77. The van der Waals surface area contributed by atoms with Gasteiger partial charge in [0, 0.05) is 18.5 Å². The second kappa shape index (κ2) is 6.33. The molecule has 1 aromatic rings. The van der Waals surface area contributed by atoms with Crippen LogP contribution in [0.25, 0.3) is 0 Å². The van der Waals surface area contributed by atoms with Crippen LogP contribution in [0.3, 0.4) is 0 Å². The molecular formula is C17H25NO. The molecule has 104 valence electrons. The van der Waals surface area contributed by atoms with Crippen LogP contribution in [0.1, 0.15) is 49.9 Å². The topological polar surface area (TPSA) is 20.3 Å². The Bertz CT molecular complexity index is 411. The zero-order valence-electron chi connectivity index (χ0n) is 12.2. The maximum atomic E-state index is 12.1. The molecule has 1 saturated heterocycles. The third kappa shape index (κ3) is 4.46. The SMILES string of the molecule is CC1(C)CCCN(CCC(=O)c2ccccc2)CC1. The molecule has 1 aliphatic rings. The standard InChI is InChI=1S/C17H25NO/c1-17(2)10-6-12-18(14-11-17)13-9-16(19)15-7-4-3-5-8-15/h3-5,7-8H,6,9-14H2,1-2H3. The van der Waals surface area contributed by atoms with Gasteiger partial charge in [0.1, 0.15) is 0 Å². The molecule has 0 bridgehead atoms. The molecule has 2 heteroatoms. The van der Waals surface area contributed by atoms with E-state index >= 15 is 0 Å². The lowest BCUT2D eigenvalue weighted by Gasteiger charge is -2.23. The highest BCUT2D eigenvalue weighted by Gasteiger charge is 2.23. The maximum Gasteiger partial charge on any atom is 0.164 e. The molecule has 0 N–H and O–H groups in total. The van der Waals surface area contributed by atoms with Gasteiger partial charge in [-0.25, -0.2) is 0 Å². The van der Waals surface area contributed by atoms with Crippen molar-refractivity contribution >= 4 is 5.78 Å². The second-order valence-corrected chi connectivity index (χ2v) is 6.40. The van der Waals surface area contributed by atoms with Crippen LogP contribution in [0.4, 0.5) is 0 Å². The minimum atomic E-state index is 0.268. The van der Waals surface area contributed by atoms with Crippen molar-refractivity contribution in [2.24, 2.45) is 5.41 Å². The van der Waals surface area contributed by atoms with E-state index in [1.165, 1.54) is 19.3 Å². The Morgan fingerprint density at radius 2 is 1.89 bits per heavy atom. The smallest absolute Gasteiger partial charge is 0.164 e. The summed E-state index contributed by atoms with van der Waals surface area (Å²) in [5, 5.41) is 0. The van der Waals surface area contributed by atoms with Crippen LogP contribution in [-0.2, 0) is 0 Å². The highest BCUT2D eigenvalue weighted by atomic mass is 16.1. The number of rotatable bonds is 4. The average Bonchev–Trinajstić information content (AvgIpc) is 2.58. The van der Waals surface area contributed by atoms with Crippen LogP contribution < -0.4 is 0 Å². The average molecular weight is 259 g/mol. The molecule has 0 aliphatic carbocycles. The van der Waals surface area contributed by atoms with Crippen molar-refractivity contribution in [3.63, 3.8) is 0 Å². The van der Waals surface area contributed by atoms with Gasteiger partial charge >= 0.3 is 0 Å². The molecule has 1 heterocycles. The minimum absolute atomic E-state index is 0.268. The first-order valence-electron chi connectivity index (χ1n) is 7.37. The molecule has 0 atom stereocenters. The number of ketones is 1. The van der Waals surface area contributed by atoms with Gasteiger partial charge in [0.05, 0.1) is 0 Å². The number of benzene rings is 1. The molecule has 0 amide bonds. The van der Waals surface area contributed by atoms with Crippen molar-refractivity contribution in [3.05, 3.63) is 35.9 Å². The molecular weight excluding hydrogens is 234 g/mol. The van der Waals surface area contributed by atoms with E-state index in [1.54, 1.807) is 0 Å². The van der Waals surface area contributed by atoms with E-state index in [2.05, 4.69) is 18.7 Å². The number of Topliss-reactive ketones (excluding diaryl/α,β-unsaturated/α-hetero) is 1. The van der Waals surface area contributed by atoms with E-state index < -0.39 is 0 Å². The minimum Gasteiger partial charge on any atom is -0.303 e. The maximum absolute atomic E-state index is 12.1. The highest BCUT2D eigenvalue weighted by molar-refractivity contribution is 5.96. The van der Waals surface area contributed by atoms with Gasteiger partial charge in [-0.05, 0) is 37.8 Å². The molecule has 0 aromatic heterocycles. The van der Waals surface area contributed by atoms with Gasteiger partial charge < -0.3 is 4.90 Å². The number of carbonyl (C=O) groups excluding carboxylic acids is 1. The highest BCUT2D eigenvalue weighted by Crippen LogP contribution is 2.29. The van der Waals surface area contributed by atoms with Crippen molar-refractivity contribution in [2.45, 2.75) is 39.5 Å². The first-order valence-corrected chi connectivity index (χ1v) is 7.37. The van der Waals surface area contributed by atoms with Crippen LogP contribution in [0.2, 0.25) is 0 Å². The Balaban J connectivity index is 1.81. The summed E-state index contributed by atoms with van der Waals surface area (Å²) in [5.74, 6) is 0.268. The lowest BCUT2D eigenvalue weighted by molar-refractivity contribution is 0.0964. The van der Waals surface area contributed by atoms with Crippen molar-refractivity contribution in [3.8, 4) is 0 Å². The molecule has 2 nitrogen and oxygen atoms in total. The van der Waals surface area contributed by atoms with Crippen molar-refractivity contribution in [1.82, 2.24) is 4.90 Å². The molecule has 0 radical (unpaired) electrons. The Kier molecular flexibility index (Phi) is 4.76. The van der Waals surface area contributed by atoms with Crippen LogP contribution in [-0.4, -0.2) is 30.3 Å². The first-order chi connectivity index (χ1) is 9.07. The van der Waals surface area contributed by atoms with Gasteiger partial charge in [-0.3, -0.25) is 4.79 Å². The van der Waals surface area contributed by atoms with E-state index in [-0.39, 0.29) is 5.78 Å². The van der Waals surface area contributed by atoms with Crippen LogP contribution >= 0.6 is 0 Å². The lowest BCUT2D eigenvalue weighted by Crippen LogP contribution is -2.28. The summed E-state index contributed by atoms with van der Waals surface area (Å²) in [4.78, 5) is 14.5. The molecule has 2 rings (SSSR count). The number of likely N-dealkylation sites (tertiary alicyclic amines) is 1. The quantitative estimate of drug-likeness (QED) is 0.767. The summed E-state index contributed by atoms with van der Waals surface area (Å²) in [6, 6.07) is 9.64. The van der Waals surface area contributed by atoms with Crippen molar-refractivity contribution in [1.29, 1.82) is 0 Å². The Morgan fingerprint density at radius 1 is 1.16 bits per heavy atom. The Hall–Kier alpha value is -1.15. The molecule has 0 saturated carbocycles. The predicted molar refractivity (Wildman–Crippen MR) is 79.5 cm³/mol.